The van der Waals surface area contributed by atoms with Crippen LogP contribution in [-0.2, 0) is 6.54 Å². The van der Waals surface area contributed by atoms with E-state index in [0.29, 0.717) is 17.6 Å². The molecule has 24 heavy (non-hydrogen) atoms. The fraction of sp³-hybridized carbons (Fsp3) is 0.412. The highest BCUT2D eigenvalue weighted by Gasteiger charge is 2.24. The van der Waals surface area contributed by atoms with Gasteiger partial charge in [0.15, 0.2) is 5.76 Å². The maximum atomic E-state index is 5.91. The number of rotatable bonds is 4. The number of tetrazole rings is 1. The van der Waals surface area contributed by atoms with Crippen molar-refractivity contribution in [3.8, 4) is 11.6 Å². The Bertz CT molecular complexity index is 755. The predicted molar refractivity (Wildman–Crippen MR) is 87.7 cm³/mol. The largest absolute Gasteiger partial charge is 0.456 e. The van der Waals surface area contributed by atoms with Gasteiger partial charge in [0.2, 0.25) is 5.82 Å². The summed E-state index contributed by atoms with van der Waals surface area (Å²) in [6, 6.07) is 8.47. The van der Waals surface area contributed by atoms with E-state index in [1.165, 1.54) is 24.8 Å². The maximum absolute atomic E-state index is 5.91. The van der Waals surface area contributed by atoms with Gasteiger partial charge in [-0.2, -0.15) is 5.21 Å². The van der Waals surface area contributed by atoms with Gasteiger partial charge in [0.05, 0.1) is 6.54 Å². The summed E-state index contributed by atoms with van der Waals surface area (Å²) in [6.45, 7) is 1.84. The average Bonchev–Trinajstić information content (AvgIpc) is 3.25. The molecule has 0 aliphatic carbocycles. The van der Waals surface area contributed by atoms with Crippen LogP contribution in [0.4, 0.5) is 0 Å². The van der Waals surface area contributed by atoms with Crippen LogP contribution in [0.3, 0.4) is 0 Å². The summed E-state index contributed by atoms with van der Waals surface area (Å²) < 4.78 is 5.91. The molecule has 4 rings (SSSR count). The average molecular weight is 324 g/mol. The molecule has 0 amide bonds. The molecule has 0 spiro atoms. The van der Waals surface area contributed by atoms with E-state index in [4.69, 9.17) is 4.42 Å². The third-order valence-corrected chi connectivity index (χ3v) is 4.52. The van der Waals surface area contributed by atoms with E-state index in [2.05, 4.69) is 36.6 Å². The minimum absolute atomic E-state index is 0.389. The Morgan fingerprint density at radius 2 is 2.21 bits per heavy atom. The smallest absolute Gasteiger partial charge is 0.239 e. The summed E-state index contributed by atoms with van der Waals surface area (Å²) in [5, 5.41) is 13.9. The van der Waals surface area contributed by atoms with Crippen molar-refractivity contribution >= 4 is 0 Å². The summed E-state index contributed by atoms with van der Waals surface area (Å²) in [7, 11) is 0. The molecule has 1 saturated heterocycles. The highest BCUT2D eigenvalue weighted by molar-refractivity contribution is 5.45. The topological polar surface area (TPSA) is 83.7 Å². The number of furan rings is 1. The normalized spacial score (nSPS) is 19.2. The van der Waals surface area contributed by atoms with E-state index in [1.54, 1.807) is 0 Å². The van der Waals surface area contributed by atoms with Gasteiger partial charge in [0.25, 0.3) is 0 Å². The molecule has 3 aromatic heterocycles. The van der Waals surface area contributed by atoms with E-state index in [9.17, 15) is 0 Å². The molecule has 1 aliphatic heterocycles. The van der Waals surface area contributed by atoms with Gasteiger partial charge in [0, 0.05) is 18.4 Å². The highest BCUT2D eigenvalue weighted by atomic mass is 16.3. The van der Waals surface area contributed by atoms with Crippen molar-refractivity contribution in [3.63, 3.8) is 0 Å². The SMILES string of the molecule is c1cncc(C2CCCCCN2Cc2ccc(-c3nn[nH]n3)o2)c1. The van der Waals surface area contributed by atoms with E-state index in [-0.39, 0.29) is 0 Å². The number of aromatic amines is 1. The van der Waals surface area contributed by atoms with E-state index < -0.39 is 0 Å². The van der Waals surface area contributed by atoms with Gasteiger partial charge in [-0.1, -0.05) is 18.9 Å². The van der Waals surface area contributed by atoms with Gasteiger partial charge in [-0.15, -0.1) is 10.2 Å². The van der Waals surface area contributed by atoms with Gasteiger partial charge >= 0.3 is 0 Å². The van der Waals surface area contributed by atoms with Crippen molar-refractivity contribution in [2.24, 2.45) is 0 Å². The number of aromatic nitrogens is 5. The van der Waals surface area contributed by atoms with Crippen LogP contribution in [0.5, 0.6) is 0 Å². The first-order valence-corrected chi connectivity index (χ1v) is 8.36. The molecule has 4 heterocycles. The Hall–Kier alpha value is -2.54. The fourth-order valence-corrected chi connectivity index (χ4v) is 3.36. The highest BCUT2D eigenvalue weighted by Crippen LogP contribution is 2.31. The van der Waals surface area contributed by atoms with Crippen LogP contribution in [0.1, 0.15) is 43.0 Å². The Kier molecular flexibility index (Phi) is 4.33. The van der Waals surface area contributed by atoms with Crippen molar-refractivity contribution in [2.45, 2.75) is 38.3 Å². The molecule has 7 nitrogen and oxygen atoms in total. The lowest BCUT2D eigenvalue weighted by Gasteiger charge is -2.29. The molecule has 1 fully saturated rings. The zero-order valence-electron chi connectivity index (χ0n) is 13.4. The number of hydrogen-bond acceptors (Lipinski definition) is 6. The summed E-state index contributed by atoms with van der Waals surface area (Å²) in [6.07, 6.45) is 8.71. The van der Waals surface area contributed by atoms with Crippen molar-refractivity contribution < 1.29 is 4.42 Å². The quantitative estimate of drug-likeness (QED) is 0.794. The zero-order valence-corrected chi connectivity index (χ0v) is 13.4. The number of likely N-dealkylation sites (tertiary alicyclic amines) is 1. The number of H-pyrrole nitrogens is 1. The molecule has 0 radical (unpaired) electrons. The molecule has 1 aliphatic rings. The van der Waals surface area contributed by atoms with Crippen LogP contribution in [0.2, 0.25) is 0 Å². The van der Waals surface area contributed by atoms with Gasteiger partial charge in [-0.05, 0) is 48.4 Å². The van der Waals surface area contributed by atoms with Crippen molar-refractivity contribution in [3.05, 3.63) is 48.0 Å². The standard InChI is InChI=1S/C17H20N6O/c1-2-6-15(13-5-4-9-18-11-13)23(10-3-1)12-14-7-8-16(24-14)17-19-21-22-20-17/h4-5,7-9,11,15H,1-3,6,10,12H2,(H,19,20,21,22). The first-order chi connectivity index (χ1) is 11.9. The molecular formula is C17H20N6O. The monoisotopic (exact) mass is 324 g/mol. The molecule has 7 heteroatoms. The van der Waals surface area contributed by atoms with Crippen LogP contribution in [0.25, 0.3) is 11.6 Å². The van der Waals surface area contributed by atoms with Crippen LogP contribution in [0, 0.1) is 0 Å². The van der Waals surface area contributed by atoms with E-state index >= 15 is 0 Å². The van der Waals surface area contributed by atoms with Crippen LogP contribution < -0.4 is 0 Å². The van der Waals surface area contributed by atoms with Crippen molar-refractivity contribution in [2.75, 3.05) is 6.54 Å². The maximum Gasteiger partial charge on any atom is 0.239 e. The summed E-state index contributed by atoms with van der Waals surface area (Å²) in [5.74, 6) is 2.05. The zero-order chi connectivity index (χ0) is 16.2. The van der Waals surface area contributed by atoms with E-state index in [0.717, 1.165) is 25.3 Å². The van der Waals surface area contributed by atoms with Gasteiger partial charge in [-0.3, -0.25) is 9.88 Å². The Morgan fingerprint density at radius 3 is 3.04 bits per heavy atom. The third-order valence-electron chi connectivity index (χ3n) is 4.52. The van der Waals surface area contributed by atoms with Crippen molar-refractivity contribution in [1.29, 1.82) is 0 Å². The second-order valence-electron chi connectivity index (χ2n) is 6.12. The minimum atomic E-state index is 0.389. The summed E-state index contributed by atoms with van der Waals surface area (Å²) >= 11 is 0. The Balaban J connectivity index is 1.54. The van der Waals surface area contributed by atoms with Gasteiger partial charge in [0.1, 0.15) is 5.76 Å². The molecule has 0 aromatic carbocycles. The lowest BCUT2D eigenvalue weighted by Crippen LogP contribution is -2.28. The number of nitrogens with zero attached hydrogens (tertiary/aromatic N) is 5. The summed E-state index contributed by atoms with van der Waals surface area (Å²) in [4.78, 5) is 6.78. The molecular weight excluding hydrogens is 304 g/mol. The Morgan fingerprint density at radius 1 is 1.21 bits per heavy atom. The second-order valence-corrected chi connectivity index (χ2v) is 6.12. The number of pyridine rings is 1. The molecule has 0 bridgehead atoms. The summed E-state index contributed by atoms with van der Waals surface area (Å²) in [5.41, 5.74) is 1.28. The lowest BCUT2D eigenvalue weighted by molar-refractivity contribution is 0.178. The molecule has 3 aromatic rings. The fourth-order valence-electron chi connectivity index (χ4n) is 3.36. The van der Waals surface area contributed by atoms with Crippen molar-refractivity contribution in [1.82, 2.24) is 30.5 Å². The Labute approximate surface area is 140 Å². The van der Waals surface area contributed by atoms with Gasteiger partial charge < -0.3 is 4.42 Å². The first kappa shape index (κ1) is 15.0. The van der Waals surface area contributed by atoms with Gasteiger partial charge in [-0.25, -0.2) is 0 Å². The molecule has 124 valence electrons. The number of nitrogens with one attached hydrogen (secondary N) is 1. The van der Waals surface area contributed by atoms with Crippen LogP contribution in [0.15, 0.2) is 41.1 Å². The van der Waals surface area contributed by atoms with Crippen LogP contribution in [-0.4, -0.2) is 37.1 Å². The number of hydrogen-bond donors (Lipinski definition) is 1. The minimum Gasteiger partial charge on any atom is -0.456 e. The molecule has 1 atom stereocenters. The predicted octanol–water partition coefficient (Wildman–Crippen LogP) is 2.97. The second kappa shape index (κ2) is 6.92. The third kappa shape index (κ3) is 3.21. The molecule has 1 N–H and O–H groups in total. The van der Waals surface area contributed by atoms with E-state index in [1.807, 2.05) is 30.6 Å². The molecule has 0 saturated carbocycles. The lowest BCUT2D eigenvalue weighted by atomic mass is 10.0. The molecule has 1 unspecified atom stereocenters. The van der Waals surface area contributed by atoms with Crippen LogP contribution >= 0.6 is 0 Å². The first-order valence-electron chi connectivity index (χ1n) is 8.36.